The smallest absolute Gasteiger partial charge is 0.274 e. The first-order chi connectivity index (χ1) is 13.6. The van der Waals surface area contributed by atoms with Gasteiger partial charge in [-0.1, -0.05) is 17.7 Å². The van der Waals surface area contributed by atoms with E-state index in [2.05, 4.69) is 51.5 Å². The maximum Gasteiger partial charge on any atom is 0.274 e. The summed E-state index contributed by atoms with van der Waals surface area (Å²) in [6.45, 7) is 6.18. The third kappa shape index (κ3) is 4.98. The van der Waals surface area contributed by atoms with Gasteiger partial charge < -0.3 is 15.5 Å². The van der Waals surface area contributed by atoms with Gasteiger partial charge in [0.25, 0.3) is 5.91 Å². The molecule has 0 aliphatic carbocycles. The molecular formula is C21H22ClN5O. The van der Waals surface area contributed by atoms with Gasteiger partial charge in [0.2, 0.25) is 0 Å². The number of hydrogen-bond acceptors (Lipinski definition) is 5. The Kier molecular flexibility index (Phi) is 6.45. The summed E-state index contributed by atoms with van der Waals surface area (Å²) in [5, 5.41) is 6.53. The second-order valence-electron chi connectivity index (χ2n) is 6.10. The van der Waals surface area contributed by atoms with E-state index >= 15 is 0 Å². The molecule has 0 unspecified atom stereocenters. The minimum atomic E-state index is -0.329. The first-order valence-electron chi connectivity index (χ1n) is 9.10. The lowest BCUT2D eigenvalue weighted by molar-refractivity contribution is 0.102. The summed E-state index contributed by atoms with van der Waals surface area (Å²) in [4.78, 5) is 23.0. The number of carbonyl (C=O) groups is 1. The molecule has 28 heavy (non-hydrogen) atoms. The third-order valence-electron chi connectivity index (χ3n) is 4.25. The molecule has 2 N–H and O–H groups in total. The highest BCUT2D eigenvalue weighted by molar-refractivity contribution is 6.30. The van der Waals surface area contributed by atoms with Crippen molar-refractivity contribution in [2.45, 2.75) is 13.8 Å². The number of aromatic nitrogens is 2. The highest BCUT2D eigenvalue weighted by atomic mass is 35.5. The molecule has 1 heterocycles. The average Bonchev–Trinajstić information content (AvgIpc) is 2.70. The van der Waals surface area contributed by atoms with Gasteiger partial charge in [-0.2, -0.15) is 0 Å². The fraction of sp³-hybridized carbons (Fsp3) is 0.190. The topological polar surface area (TPSA) is 70.2 Å². The number of amides is 1. The van der Waals surface area contributed by atoms with Crippen molar-refractivity contribution in [1.82, 2.24) is 9.97 Å². The summed E-state index contributed by atoms with van der Waals surface area (Å²) < 4.78 is 0. The molecule has 0 spiro atoms. The van der Waals surface area contributed by atoms with Crippen LogP contribution in [0.15, 0.2) is 60.9 Å². The van der Waals surface area contributed by atoms with E-state index in [0.717, 1.165) is 18.8 Å². The van der Waals surface area contributed by atoms with Gasteiger partial charge in [-0.05, 0) is 56.3 Å². The SMILES string of the molecule is CCN(CC)c1ccc(Nc2cc(C(=O)Nc3cccc(Cl)c3)ncn2)cc1. The molecular weight excluding hydrogens is 374 g/mol. The van der Waals surface area contributed by atoms with Gasteiger partial charge in [-0.25, -0.2) is 9.97 Å². The second-order valence-corrected chi connectivity index (χ2v) is 6.53. The largest absolute Gasteiger partial charge is 0.372 e. The van der Waals surface area contributed by atoms with E-state index in [4.69, 9.17) is 11.6 Å². The quantitative estimate of drug-likeness (QED) is 0.590. The van der Waals surface area contributed by atoms with Crippen molar-refractivity contribution >= 4 is 40.4 Å². The predicted molar refractivity (Wildman–Crippen MR) is 115 cm³/mol. The minimum absolute atomic E-state index is 0.261. The van der Waals surface area contributed by atoms with E-state index in [1.54, 1.807) is 30.3 Å². The van der Waals surface area contributed by atoms with Gasteiger partial charge in [-0.3, -0.25) is 4.79 Å². The number of anilines is 4. The van der Waals surface area contributed by atoms with Crippen LogP contribution in [-0.4, -0.2) is 29.0 Å². The number of halogens is 1. The van der Waals surface area contributed by atoms with Gasteiger partial charge in [-0.15, -0.1) is 0 Å². The van der Waals surface area contributed by atoms with E-state index < -0.39 is 0 Å². The van der Waals surface area contributed by atoms with Crippen LogP contribution in [0.5, 0.6) is 0 Å². The summed E-state index contributed by atoms with van der Waals surface area (Å²) in [7, 11) is 0. The van der Waals surface area contributed by atoms with Crippen LogP contribution in [-0.2, 0) is 0 Å². The van der Waals surface area contributed by atoms with Gasteiger partial charge >= 0.3 is 0 Å². The van der Waals surface area contributed by atoms with Crippen molar-refractivity contribution in [2.24, 2.45) is 0 Å². The standard InChI is InChI=1S/C21H22ClN5O/c1-3-27(4-2)18-10-8-16(9-11-18)25-20-13-19(23-14-24-20)21(28)26-17-7-5-6-15(22)12-17/h5-14H,3-4H2,1-2H3,(H,26,28)(H,23,24,25). The molecule has 7 heteroatoms. The van der Waals surface area contributed by atoms with Crippen molar-refractivity contribution in [3.05, 3.63) is 71.6 Å². The first-order valence-corrected chi connectivity index (χ1v) is 9.48. The van der Waals surface area contributed by atoms with E-state index in [9.17, 15) is 4.79 Å². The molecule has 0 saturated heterocycles. The molecule has 1 amide bonds. The Balaban J connectivity index is 1.70. The molecule has 0 saturated carbocycles. The fourth-order valence-corrected chi connectivity index (χ4v) is 2.99. The molecule has 0 aliphatic heterocycles. The molecule has 6 nitrogen and oxygen atoms in total. The number of benzene rings is 2. The second kappa shape index (κ2) is 9.19. The molecule has 3 rings (SSSR count). The Labute approximate surface area is 169 Å². The van der Waals surface area contributed by atoms with Gasteiger partial charge in [0.15, 0.2) is 0 Å². The summed E-state index contributed by atoms with van der Waals surface area (Å²) in [5.74, 6) is 0.214. The van der Waals surface area contributed by atoms with E-state index in [0.29, 0.717) is 16.5 Å². The van der Waals surface area contributed by atoms with Crippen LogP contribution < -0.4 is 15.5 Å². The number of hydrogen-bond donors (Lipinski definition) is 2. The van der Waals surface area contributed by atoms with Crippen LogP contribution in [0, 0.1) is 0 Å². The number of nitrogens with zero attached hydrogens (tertiary/aromatic N) is 3. The van der Waals surface area contributed by atoms with Crippen LogP contribution in [0.4, 0.5) is 22.9 Å². The Hall–Kier alpha value is -3.12. The highest BCUT2D eigenvalue weighted by Gasteiger charge is 2.10. The zero-order chi connectivity index (χ0) is 19.9. The molecule has 0 aliphatic rings. The molecule has 0 radical (unpaired) electrons. The van der Waals surface area contributed by atoms with Crippen molar-refractivity contribution in [1.29, 1.82) is 0 Å². The van der Waals surface area contributed by atoms with Crippen LogP contribution in [0.25, 0.3) is 0 Å². The maximum absolute atomic E-state index is 12.4. The Morgan fingerprint density at radius 2 is 1.75 bits per heavy atom. The summed E-state index contributed by atoms with van der Waals surface area (Å²) in [6.07, 6.45) is 1.36. The van der Waals surface area contributed by atoms with Crippen LogP contribution >= 0.6 is 11.6 Å². The third-order valence-corrected chi connectivity index (χ3v) is 4.49. The van der Waals surface area contributed by atoms with Crippen LogP contribution in [0.1, 0.15) is 24.3 Å². The van der Waals surface area contributed by atoms with Crippen molar-refractivity contribution in [2.75, 3.05) is 28.6 Å². The predicted octanol–water partition coefficient (Wildman–Crippen LogP) is 4.97. The van der Waals surface area contributed by atoms with E-state index in [1.165, 1.54) is 12.0 Å². The number of carbonyl (C=O) groups excluding carboxylic acids is 1. The van der Waals surface area contributed by atoms with Gasteiger partial charge in [0, 0.05) is 41.2 Å². The Morgan fingerprint density at radius 3 is 2.43 bits per heavy atom. The Bertz CT molecular complexity index is 942. The molecule has 0 bridgehead atoms. The minimum Gasteiger partial charge on any atom is -0.372 e. The number of rotatable bonds is 7. The zero-order valence-electron chi connectivity index (χ0n) is 15.8. The summed E-state index contributed by atoms with van der Waals surface area (Å²) in [6, 6.07) is 16.7. The average molecular weight is 396 g/mol. The highest BCUT2D eigenvalue weighted by Crippen LogP contribution is 2.21. The monoisotopic (exact) mass is 395 g/mol. The van der Waals surface area contributed by atoms with Gasteiger partial charge in [0.05, 0.1) is 0 Å². The van der Waals surface area contributed by atoms with Crippen molar-refractivity contribution in [3.63, 3.8) is 0 Å². The Morgan fingerprint density at radius 1 is 1.00 bits per heavy atom. The maximum atomic E-state index is 12.4. The zero-order valence-corrected chi connectivity index (χ0v) is 16.6. The van der Waals surface area contributed by atoms with E-state index in [-0.39, 0.29) is 11.6 Å². The summed E-state index contributed by atoms with van der Waals surface area (Å²) in [5.41, 5.74) is 2.92. The molecule has 144 valence electrons. The van der Waals surface area contributed by atoms with Gasteiger partial charge in [0.1, 0.15) is 17.8 Å². The normalized spacial score (nSPS) is 10.4. The molecule has 2 aromatic carbocycles. The van der Waals surface area contributed by atoms with Crippen molar-refractivity contribution in [3.8, 4) is 0 Å². The molecule has 1 aromatic heterocycles. The summed E-state index contributed by atoms with van der Waals surface area (Å²) >= 11 is 5.95. The number of nitrogens with one attached hydrogen (secondary N) is 2. The lowest BCUT2D eigenvalue weighted by Gasteiger charge is -2.21. The lowest BCUT2D eigenvalue weighted by Crippen LogP contribution is -2.21. The molecule has 0 atom stereocenters. The first kappa shape index (κ1) is 19.6. The fourth-order valence-electron chi connectivity index (χ4n) is 2.80. The van der Waals surface area contributed by atoms with Crippen LogP contribution in [0.2, 0.25) is 5.02 Å². The molecule has 3 aromatic rings. The van der Waals surface area contributed by atoms with E-state index in [1.807, 2.05) is 12.1 Å². The van der Waals surface area contributed by atoms with Crippen molar-refractivity contribution < 1.29 is 4.79 Å². The molecule has 0 fully saturated rings. The lowest BCUT2D eigenvalue weighted by atomic mass is 10.2. The van der Waals surface area contributed by atoms with Crippen LogP contribution in [0.3, 0.4) is 0 Å².